The zero-order chi connectivity index (χ0) is 14.0. The number of carbonyl (C=O) groups is 3. The quantitative estimate of drug-likeness (QED) is 0.799. The Balaban J connectivity index is 2.03. The molecule has 2 rings (SSSR count). The first kappa shape index (κ1) is 13.8. The van der Waals surface area contributed by atoms with Crippen molar-refractivity contribution >= 4 is 17.8 Å². The molecule has 2 fully saturated rings. The summed E-state index contributed by atoms with van der Waals surface area (Å²) in [6.45, 7) is 1.07. The maximum atomic E-state index is 12.4. The van der Waals surface area contributed by atoms with Gasteiger partial charge in [-0.3, -0.25) is 14.4 Å². The van der Waals surface area contributed by atoms with E-state index in [1.54, 1.807) is 16.8 Å². The maximum absolute atomic E-state index is 12.4. The van der Waals surface area contributed by atoms with Crippen molar-refractivity contribution in [3.05, 3.63) is 0 Å². The summed E-state index contributed by atoms with van der Waals surface area (Å²) in [7, 11) is 1.69. The van der Waals surface area contributed by atoms with E-state index in [2.05, 4.69) is 0 Å². The Kier molecular flexibility index (Phi) is 4.07. The molecule has 6 nitrogen and oxygen atoms in total. The molecule has 2 unspecified atom stereocenters. The van der Waals surface area contributed by atoms with E-state index in [0.717, 1.165) is 19.3 Å². The van der Waals surface area contributed by atoms with Crippen LogP contribution >= 0.6 is 0 Å². The van der Waals surface area contributed by atoms with Gasteiger partial charge in [-0.15, -0.1) is 0 Å². The second kappa shape index (κ2) is 5.59. The normalized spacial score (nSPS) is 27.7. The van der Waals surface area contributed by atoms with Crippen molar-refractivity contribution in [1.29, 1.82) is 0 Å². The largest absolute Gasteiger partial charge is 0.481 e. The van der Waals surface area contributed by atoms with Crippen LogP contribution in [0.2, 0.25) is 0 Å². The van der Waals surface area contributed by atoms with Crippen molar-refractivity contribution < 1.29 is 19.5 Å². The molecule has 2 aliphatic heterocycles. The van der Waals surface area contributed by atoms with Crippen LogP contribution in [0.5, 0.6) is 0 Å². The van der Waals surface area contributed by atoms with E-state index >= 15 is 0 Å². The number of carboxylic acid groups (broad SMARTS) is 1. The van der Waals surface area contributed by atoms with Crippen LogP contribution in [-0.2, 0) is 14.4 Å². The van der Waals surface area contributed by atoms with Crippen LogP contribution in [0.4, 0.5) is 0 Å². The Morgan fingerprint density at radius 1 is 1.37 bits per heavy atom. The maximum Gasteiger partial charge on any atom is 0.305 e. The van der Waals surface area contributed by atoms with E-state index in [4.69, 9.17) is 5.11 Å². The molecule has 0 spiro atoms. The van der Waals surface area contributed by atoms with Gasteiger partial charge in [0.2, 0.25) is 11.8 Å². The van der Waals surface area contributed by atoms with Crippen molar-refractivity contribution in [2.24, 2.45) is 5.92 Å². The number of rotatable bonds is 3. The van der Waals surface area contributed by atoms with Gasteiger partial charge in [0.25, 0.3) is 0 Å². The zero-order valence-electron chi connectivity index (χ0n) is 11.2. The lowest BCUT2D eigenvalue weighted by atomic mass is 9.96. The van der Waals surface area contributed by atoms with E-state index in [9.17, 15) is 14.4 Å². The molecule has 19 heavy (non-hydrogen) atoms. The molecule has 2 amide bonds. The lowest BCUT2D eigenvalue weighted by Crippen LogP contribution is -2.47. The van der Waals surface area contributed by atoms with Crippen molar-refractivity contribution in [2.45, 2.75) is 38.1 Å². The predicted molar refractivity (Wildman–Crippen MR) is 67.3 cm³/mol. The summed E-state index contributed by atoms with van der Waals surface area (Å²) in [6, 6.07) is -0.209. The summed E-state index contributed by atoms with van der Waals surface area (Å²) in [6.07, 6.45) is 2.88. The van der Waals surface area contributed by atoms with Crippen LogP contribution in [-0.4, -0.2) is 58.9 Å². The molecule has 0 bridgehead atoms. The molecule has 2 saturated heterocycles. The molecular weight excluding hydrogens is 248 g/mol. The van der Waals surface area contributed by atoms with Crippen LogP contribution < -0.4 is 0 Å². The van der Waals surface area contributed by atoms with Crippen molar-refractivity contribution in [2.75, 3.05) is 20.1 Å². The molecule has 0 aliphatic carbocycles. The third-order valence-corrected chi connectivity index (χ3v) is 4.01. The van der Waals surface area contributed by atoms with E-state index < -0.39 is 5.97 Å². The molecule has 0 radical (unpaired) electrons. The van der Waals surface area contributed by atoms with Gasteiger partial charge in [-0.05, 0) is 19.3 Å². The number of aliphatic carboxylic acids is 1. The van der Waals surface area contributed by atoms with Crippen molar-refractivity contribution in [3.8, 4) is 0 Å². The predicted octanol–water partition coefficient (Wildman–Crippen LogP) is 0.320. The van der Waals surface area contributed by atoms with Gasteiger partial charge in [-0.25, -0.2) is 0 Å². The van der Waals surface area contributed by atoms with E-state index in [1.165, 1.54) is 0 Å². The summed E-state index contributed by atoms with van der Waals surface area (Å²) < 4.78 is 0. The fourth-order valence-electron chi connectivity index (χ4n) is 2.97. The minimum Gasteiger partial charge on any atom is -0.481 e. The SMILES string of the molecule is CN1CC(C(=O)N2CCCCC2CC(=O)O)CC1=O. The number of piperidine rings is 1. The molecule has 2 heterocycles. The summed E-state index contributed by atoms with van der Waals surface area (Å²) >= 11 is 0. The summed E-state index contributed by atoms with van der Waals surface area (Å²) in [5, 5.41) is 8.91. The van der Waals surface area contributed by atoms with Crippen molar-refractivity contribution in [3.63, 3.8) is 0 Å². The van der Waals surface area contributed by atoms with Gasteiger partial charge in [0.1, 0.15) is 0 Å². The molecule has 2 atom stereocenters. The average molecular weight is 268 g/mol. The molecule has 0 aromatic rings. The van der Waals surface area contributed by atoms with E-state index in [-0.39, 0.29) is 36.6 Å². The number of carboxylic acids is 1. The third-order valence-electron chi connectivity index (χ3n) is 4.01. The summed E-state index contributed by atoms with van der Waals surface area (Å²) in [5.74, 6) is -1.23. The second-order valence-corrected chi connectivity index (χ2v) is 5.45. The minimum atomic E-state index is -0.871. The first-order valence-corrected chi connectivity index (χ1v) is 6.75. The van der Waals surface area contributed by atoms with Gasteiger partial charge in [-0.2, -0.15) is 0 Å². The molecule has 0 aromatic carbocycles. The number of likely N-dealkylation sites (tertiary alicyclic amines) is 2. The van der Waals surface area contributed by atoms with Crippen LogP contribution in [0.1, 0.15) is 32.1 Å². The highest BCUT2D eigenvalue weighted by Crippen LogP contribution is 2.25. The summed E-state index contributed by atoms with van der Waals surface area (Å²) in [4.78, 5) is 38.0. The third kappa shape index (κ3) is 3.05. The van der Waals surface area contributed by atoms with Gasteiger partial charge in [0.05, 0.1) is 12.3 Å². The number of hydrogen-bond acceptors (Lipinski definition) is 3. The van der Waals surface area contributed by atoms with Crippen LogP contribution in [0.3, 0.4) is 0 Å². The van der Waals surface area contributed by atoms with Crippen LogP contribution in [0.25, 0.3) is 0 Å². The van der Waals surface area contributed by atoms with E-state index in [1.807, 2.05) is 0 Å². The molecular formula is C13H20N2O4. The van der Waals surface area contributed by atoms with Gasteiger partial charge in [0.15, 0.2) is 0 Å². The molecule has 6 heteroatoms. The molecule has 0 aromatic heterocycles. The molecule has 0 saturated carbocycles. The minimum absolute atomic E-state index is 0.00223. The Labute approximate surface area is 112 Å². The van der Waals surface area contributed by atoms with E-state index in [0.29, 0.717) is 13.1 Å². The second-order valence-electron chi connectivity index (χ2n) is 5.45. The summed E-state index contributed by atoms with van der Waals surface area (Å²) in [5.41, 5.74) is 0. The number of carbonyl (C=O) groups excluding carboxylic acids is 2. The highest BCUT2D eigenvalue weighted by Gasteiger charge is 2.38. The highest BCUT2D eigenvalue weighted by molar-refractivity contribution is 5.89. The van der Waals surface area contributed by atoms with Crippen molar-refractivity contribution in [1.82, 2.24) is 9.80 Å². The van der Waals surface area contributed by atoms with Gasteiger partial charge >= 0.3 is 5.97 Å². The number of nitrogens with zero attached hydrogens (tertiary/aromatic N) is 2. The van der Waals surface area contributed by atoms with Gasteiger partial charge < -0.3 is 14.9 Å². The fraction of sp³-hybridized carbons (Fsp3) is 0.769. The monoisotopic (exact) mass is 268 g/mol. The Hall–Kier alpha value is -1.59. The standard InChI is InChI=1S/C13H20N2O4/c1-14-8-9(6-11(14)16)13(19)15-5-3-2-4-10(15)7-12(17)18/h9-10H,2-8H2,1H3,(H,17,18). The smallest absolute Gasteiger partial charge is 0.305 e. The molecule has 2 aliphatic rings. The first-order chi connectivity index (χ1) is 8.99. The lowest BCUT2D eigenvalue weighted by molar-refractivity contribution is -0.144. The Morgan fingerprint density at radius 3 is 2.68 bits per heavy atom. The average Bonchev–Trinajstić information content (AvgIpc) is 2.69. The Morgan fingerprint density at radius 2 is 2.11 bits per heavy atom. The lowest BCUT2D eigenvalue weighted by Gasteiger charge is -2.36. The topological polar surface area (TPSA) is 77.9 Å². The van der Waals surface area contributed by atoms with Gasteiger partial charge in [0, 0.05) is 32.6 Å². The van der Waals surface area contributed by atoms with Gasteiger partial charge in [-0.1, -0.05) is 0 Å². The fourth-order valence-corrected chi connectivity index (χ4v) is 2.97. The van der Waals surface area contributed by atoms with Crippen LogP contribution in [0, 0.1) is 5.92 Å². The molecule has 1 N–H and O–H groups in total. The van der Waals surface area contributed by atoms with Crippen LogP contribution in [0.15, 0.2) is 0 Å². The first-order valence-electron chi connectivity index (χ1n) is 6.75. The number of hydrogen-bond donors (Lipinski definition) is 1. The molecule has 106 valence electrons. The number of amides is 2. The highest BCUT2D eigenvalue weighted by atomic mass is 16.4. The zero-order valence-corrected chi connectivity index (χ0v) is 11.2. The Bertz CT molecular complexity index is 396.